The van der Waals surface area contributed by atoms with Crippen molar-refractivity contribution in [1.29, 1.82) is 0 Å². The van der Waals surface area contributed by atoms with Crippen LogP contribution in [0.4, 0.5) is 0 Å². The number of ketones is 1. The monoisotopic (exact) mass is 265 g/mol. The van der Waals surface area contributed by atoms with Gasteiger partial charge in [-0.15, -0.1) is 0 Å². The van der Waals surface area contributed by atoms with E-state index in [2.05, 4.69) is 11.8 Å². The first kappa shape index (κ1) is 13.6. The number of piperidine rings is 1. The first-order chi connectivity index (χ1) is 8.69. The number of carbonyl (C=O) groups excluding carboxylic acids is 1. The minimum absolute atomic E-state index is 0.175. The van der Waals surface area contributed by atoms with Gasteiger partial charge in [0.15, 0.2) is 5.78 Å². The molecule has 0 spiro atoms. The van der Waals surface area contributed by atoms with Gasteiger partial charge in [0, 0.05) is 17.1 Å². The summed E-state index contributed by atoms with van der Waals surface area (Å²) in [5.41, 5.74) is 0.723. The van der Waals surface area contributed by atoms with Crippen LogP contribution in [0, 0.1) is 5.92 Å². The summed E-state index contributed by atoms with van der Waals surface area (Å²) in [5.74, 6) is 0.931. The number of Topliss-reactive ketones (excluding diaryl/α,β-unsaturated/α-hetero) is 1. The molecule has 1 saturated heterocycles. The van der Waals surface area contributed by atoms with E-state index in [-0.39, 0.29) is 5.78 Å². The van der Waals surface area contributed by atoms with Crippen LogP contribution in [0.25, 0.3) is 0 Å². The fourth-order valence-corrected chi connectivity index (χ4v) is 2.77. The van der Waals surface area contributed by atoms with Crippen LogP contribution in [-0.2, 0) is 0 Å². The molecule has 1 aromatic carbocycles. The average molecular weight is 266 g/mol. The summed E-state index contributed by atoms with van der Waals surface area (Å²) in [6.45, 7) is 4.86. The lowest BCUT2D eigenvalue weighted by atomic mass is 9.95. The molecule has 2 rings (SSSR count). The second kappa shape index (κ2) is 6.35. The van der Waals surface area contributed by atoms with E-state index in [0.717, 1.165) is 24.6 Å². The van der Waals surface area contributed by atoms with Gasteiger partial charge in [-0.1, -0.05) is 37.1 Å². The molecule has 1 heterocycles. The van der Waals surface area contributed by atoms with Gasteiger partial charge in [-0.3, -0.25) is 9.69 Å². The Morgan fingerprint density at radius 2 is 2.33 bits per heavy atom. The summed E-state index contributed by atoms with van der Waals surface area (Å²) >= 11 is 5.91. The third kappa shape index (κ3) is 3.56. The van der Waals surface area contributed by atoms with Crippen molar-refractivity contribution in [2.24, 2.45) is 5.92 Å². The highest BCUT2D eigenvalue weighted by atomic mass is 35.5. The van der Waals surface area contributed by atoms with Gasteiger partial charge in [0.25, 0.3) is 0 Å². The Morgan fingerprint density at radius 1 is 1.50 bits per heavy atom. The molecule has 1 aliphatic heterocycles. The van der Waals surface area contributed by atoms with Gasteiger partial charge in [-0.05, 0) is 37.4 Å². The van der Waals surface area contributed by atoms with Crippen molar-refractivity contribution >= 4 is 17.4 Å². The van der Waals surface area contributed by atoms with E-state index in [9.17, 15) is 4.79 Å². The Morgan fingerprint density at radius 3 is 3.06 bits per heavy atom. The molecule has 0 bridgehead atoms. The van der Waals surface area contributed by atoms with Crippen molar-refractivity contribution in [3.8, 4) is 0 Å². The van der Waals surface area contributed by atoms with Crippen molar-refractivity contribution in [2.45, 2.75) is 26.2 Å². The maximum absolute atomic E-state index is 12.2. The van der Waals surface area contributed by atoms with E-state index in [1.807, 2.05) is 12.1 Å². The number of nitrogens with zero attached hydrogens (tertiary/aromatic N) is 1. The topological polar surface area (TPSA) is 20.3 Å². The standard InChI is InChI=1S/C15H20ClNO/c1-2-12-5-4-8-17(10-12)11-15(18)13-6-3-7-14(16)9-13/h3,6-7,9,12H,2,4-5,8,10-11H2,1H3. The van der Waals surface area contributed by atoms with E-state index in [1.165, 1.54) is 19.3 Å². The molecule has 0 N–H and O–H groups in total. The van der Waals surface area contributed by atoms with Crippen LogP contribution >= 0.6 is 11.6 Å². The summed E-state index contributed by atoms with van der Waals surface area (Å²) < 4.78 is 0. The lowest BCUT2D eigenvalue weighted by Crippen LogP contribution is -2.38. The van der Waals surface area contributed by atoms with E-state index in [4.69, 9.17) is 11.6 Å². The van der Waals surface area contributed by atoms with Crippen LogP contribution in [-0.4, -0.2) is 30.3 Å². The smallest absolute Gasteiger partial charge is 0.176 e. The molecule has 1 aromatic rings. The Balaban J connectivity index is 1.95. The number of benzene rings is 1. The van der Waals surface area contributed by atoms with Gasteiger partial charge in [-0.2, -0.15) is 0 Å². The minimum atomic E-state index is 0.175. The van der Waals surface area contributed by atoms with E-state index in [1.54, 1.807) is 12.1 Å². The van der Waals surface area contributed by atoms with Gasteiger partial charge in [0.2, 0.25) is 0 Å². The zero-order valence-corrected chi connectivity index (χ0v) is 11.6. The molecule has 0 saturated carbocycles. The molecule has 0 amide bonds. The van der Waals surface area contributed by atoms with Crippen LogP contribution in [0.15, 0.2) is 24.3 Å². The Labute approximate surface area is 114 Å². The summed E-state index contributed by atoms with van der Waals surface area (Å²) in [7, 11) is 0. The molecule has 2 nitrogen and oxygen atoms in total. The highest BCUT2D eigenvalue weighted by Gasteiger charge is 2.20. The Bertz CT molecular complexity index is 419. The van der Waals surface area contributed by atoms with Crippen LogP contribution in [0.5, 0.6) is 0 Å². The third-order valence-corrected chi connectivity index (χ3v) is 3.93. The number of hydrogen-bond donors (Lipinski definition) is 0. The lowest BCUT2D eigenvalue weighted by molar-refractivity contribution is 0.0884. The predicted octanol–water partition coefficient (Wildman–Crippen LogP) is 3.64. The Hall–Kier alpha value is -0.860. The van der Waals surface area contributed by atoms with Crippen molar-refractivity contribution in [3.05, 3.63) is 34.9 Å². The van der Waals surface area contributed by atoms with E-state index in [0.29, 0.717) is 11.6 Å². The van der Waals surface area contributed by atoms with Gasteiger partial charge >= 0.3 is 0 Å². The van der Waals surface area contributed by atoms with Crippen LogP contribution < -0.4 is 0 Å². The van der Waals surface area contributed by atoms with Crippen molar-refractivity contribution in [2.75, 3.05) is 19.6 Å². The average Bonchev–Trinajstić information content (AvgIpc) is 2.39. The van der Waals surface area contributed by atoms with Crippen molar-refractivity contribution < 1.29 is 4.79 Å². The van der Waals surface area contributed by atoms with Crippen LogP contribution in [0.3, 0.4) is 0 Å². The molecule has 0 aliphatic carbocycles. The summed E-state index contributed by atoms with van der Waals surface area (Å²) in [6, 6.07) is 7.23. The molecular formula is C15H20ClNO. The van der Waals surface area contributed by atoms with Crippen molar-refractivity contribution in [3.63, 3.8) is 0 Å². The van der Waals surface area contributed by atoms with E-state index >= 15 is 0 Å². The third-order valence-electron chi connectivity index (χ3n) is 3.69. The van der Waals surface area contributed by atoms with Crippen LogP contribution in [0.2, 0.25) is 5.02 Å². The predicted molar refractivity (Wildman–Crippen MR) is 75.2 cm³/mol. The first-order valence-electron chi connectivity index (χ1n) is 6.70. The van der Waals surface area contributed by atoms with E-state index < -0.39 is 0 Å². The molecule has 0 radical (unpaired) electrons. The Kier molecular flexibility index (Phi) is 4.79. The van der Waals surface area contributed by atoms with Gasteiger partial charge in [0.1, 0.15) is 0 Å². The minimum Gasteiger partial charge on any atom is -0.296 e. The van der Waals surface area contributed by atoms with Crippen molar-refractivity contribution in [1.82, 2.24) is 4.90 Å². The highest BCUT2D eigenvalue weighted by Crippen LogP contribution is 2.19. The summed E-state index contributed by atoms with van der Waals surface area (Å²) in [5, 5.41) is 0.630. The lowest BCUT2D eigenvalue weighted by Gasteiger charge is -2.31. The molecule has 1 aliphatic rings. The number of rotatable bonds is 4. The molecule has 0 aromatic heterocycles. The van der Waals surface area contributed by atoms with Gasteiger partial charge in [-0.25, -0.2) is 0 Å². The molecule has 1 atom stereocenters. The molecule has 18 heavy (non-hydrogen) atoms. The fraction of sp³-hybridized carbons (Fsp3) is 0.533. The SMILES string of the molecule is CCC1CCCN(CC(=O)c2cccc(Cl)c2)C1. The molecule has 98 valence electrons. The van der Waals surface area contributed by atoms with Gasteiger partial charge < -0.3 is 0 Å². The maximum atomic E-state index is 12.2. The largest absolute Gasteiger partial charge is 0.296 e. The fourth-order valence-electron chi connectivity index (χ4n) is 2.58. The van der Waals surface area contributed by atoms with Gasteiger partial charge in [0.05, 0.1) is 6.54 Å². The number of likely N-dealkylation sites (tertiary alicyclic amines) is 1. The summed E-state index contributed by atoms with van der Waals surface area (Å²) in [4.78, 5) is 14.4. The van der Waals surface area contributed by atoms with Crippen LogP contribution in [0.1, 0.15) is 36.5 Å². The number of halogens is 1. The first-order valence-corrected chi connectivity index (χ1v) is 7.08. The molecular weight excluding hydrogens is 246 g/mol. The maximum Gasteiger partial charge on any atom is 0.176 e. The molecule has 1 unspecified atom stereocenters. The zero-order valence-electron chi connectivity index (χ0n) is 10.9. The number of carbonyl (C=O) groups is 1. The molecule has 1 fully saturated rings. The number of hydrogen-bond acceptors (Lipinski definition) is 2. The molecule has 3 heteroatoms. The second-order valence-corrected chi connectivity index (χ2v) is 5.52. The normalized spacial score (nSPS) is 20.9. The highest BCUT2D eigenvalue weighted by molar-refractivity contribution is 6.31. The summed E-state index contributed by atoms with van der Waals surface area (Å²) in [6.07, 6.45) is 3.72. The zero-order chi connectivity index (χ0) is 13.0. The quantitative estimate of drug-likeness (QED) is 0.775. The second-order valence-electron chi connectivity index (χ2n) is 5.09.